The SMILES string of the molecule is CCOc1ccc(N(C)CCCNC(=O)CCN(CCC(=O)NCCCN(C)c2ccc(OCC)cc2)c2ccc(O)cc2)cc1. The van der Waals surface area contributed by atoms with Crippen LogP contribution in [-0.4, -0.2) is 83.5 Å². The smallest absolute Gasteiger partial charge is 0.221 e. The maximum atomic E-state index is 12.7. The van der Waals surface area contributed by atoms with Gasteiger partial charge in [0.05, 0.1) is 13.2 Å². The van der Waals surface area contributed by atoms with Gasteiger partial charge in [-0.25, -0.2) is 0 Å². The molecule has 0 aliphatic carbocycles. The van der Waals surface area contributed by atoms with E-state index < -0.39 is 0 Å². The summed E-state index contributed by atoms with van der Waals surface area (Å²) in [6.07, 6.45) is 2.23. The van der Waals surface area contributed by atoms with Crippen LogP contribution in [0.1, 0.15) is 39.5 Å². The lowest BCUT2D eigenvalue weighted by Crippen LogP contribution is -2.35. The Kier molecular flexibility index (Phi) is 15.4. The van der Waals surface area contributed by atoms with Crippen LogP contribution >= 0.6 is 0 Å². The van der Waals surface area contributed by atoms with Gasteiger partial charge < -0.3 is 39.9 Å². The third-order valence-electron chi connectivity index (χ3n) is 7.59. The number of hydrogen-bond acceptors (Lipinski definition) is 8. The first-order chi connectivity index (χ1) is 22.3. The van der Waals surface area contributed by atoms with Crippen LogP contribution in [0.5, 0.6) is 17.2 Å². The summed E-state index contributed by atoms with van der Waals surface area (Å²) in [6.45, 7) is 8.91. The highest BCUT2D eigenvalue weighted by atomic mass is 16.5. The number of hydrogen-bond donors (Lipinski definition) is 3. The zero-order chi connectivity index (χ0) is 33.1. The van der Waals surface area contributed by atoms with Crippen molar-refractivity contribution in [3.05, 3.63) is 72.8 Å². The van der Waals surface area contributed by atoms with E-state index in [-0.39, 0.29) is 17.6 Å². The van der Waals surface area contributed by atoms with E-state index in [0.29, 0.717) is 52.2 Å². The molecule has 0 heterocycles. The molecule has 0 bridgehead atoms. The number of carbonyl (C=O) groups excluding carboxylic acids is 2. The molecule has 2 amide bonds. The van der Waals surface area contributed by atoms with E-state index in [0.717, 1.165) is 54.5 Å². The normalized spacial score (nSPS) is 10.6. The number of benzene rings is 3. The van der Waals surface area contributed by atoms with Crippen LogP contribution in [0.15, 0.2) is 72.8 Å². The van der Waals surface area contributed by atoms with Crippen molar-refractivity contribution in [1.82, 2.24) is 10.6 Å². The molecule has 0 saturated carbocycles. The third kappa shape index (κ3) is 12.8. The molecule has 3 aromatic carbocycles. The molecule has 3 aromatic rings. The Bertz CT molecular complexity index is 1220. The number of aromatic hydroxyl groups is 1. The summed E-state index contributed by atoms with van der Waals surface area (Å²) >= 11 is 0. The Labute approximate surface area is 274 Å². The Morgan fingerprint density at radius 1 is 0.609 bits per heavy atom. The molecule has 0 fully saturated rings. The minimum atomic E-state index is -0.0337. The van der Waals surface area contributed by atoms with Crippen LogP contribution in [0.4, 0.5) is 17.1 Å². The van der Waals surface area contributed by atoms with E-state index in [1.807, 2.05) is 81.4 Å². The average molecular weight is 634 g/mol. The van der Waals surface area contributed by atoms with Gasteiger partial charge in [-0.2, -0.15) is 0 Å². The quantitative estimate of drug-likeness (QED) is 0.140. The number of rotatable bonds is 21. The highest BCUT2D eigenvalue weighted by Gasteiger charge is 2.13. The van der Waals surface area contributed by atoms with Crippen LogP contribution in [-0.2, 0) is 9.59 Å². The molecule has 0 aliphatic rings. The van der Waals surface area contributed by atoms with E-state index >= 15 is 0 Å². The van der Waals surface area contributed by atoms with E-state index in [2.05, 4.69) is 20.4 Å². The van der Waals surface area contributed by atoms with Gasteiger partial charge in [0, 0.05) is 83.3 Å². The first-order valence-electron chi connectivity index (χ1n) is 16.2. The van der Waals surface area contributed by atoms with Crippen molar-refractivity contribution < 1.29 is 24.2 Å². The highest BCUT2D eigenvalue weighted by molar-refractivity contribution is 5.77. The zero-order valence-corrected chi connectivity index (χ0v) is 27.8. The lowest BCUT2D eigenvalue weighted by Gasteiger charge is -2.25. The molecule has 250 valence electrons. The first kappa shape index (κ1) is 35.9. The van der Waals surface area contributed by atoms with E-state index in [4.69, 9.17) is 9.47 Å². The van der Waals surface area contributed by atoms with Gasteiger partial charge in [-0.15, -0.1) is 0 Å². The molecule has 0 radical (unpaired) electrons. The third-order valence-corrected chi connectivity index (χ3v) is 7.59. The topological polar surface area (TPSA) is 107 Å². The minimum Gasteiger partial charge on any atom is -0.508 e. The molecule has 46 heavy (non-hydrogen) atoms. The van der Waals surface area contributed by atoms with Crippen LogP contribution in [0.25, 0.3) is 0 Å². The summed E-state index contributed by atoms with van der Waals surface area (Å²) in [4.78, 5) is 31.7. The van der Waals surface area contributed by atoms with E-state index in [9.17, 15) is 14.7 Å². The number of amides is 2. The monoisotopic (exact) mass is 633 g/mol. The summed E-state index contributed by atoms with van der Waals surface area (Å²) in [5.41, 5.74) is 3.05. The van der Waals surface area contributed by atoms with Gasteiger partial charge in [0.2, 0.25) is 11.8 Å². The van der Waals surface area contributed by atoms with Crippen LogP contribution in [0.2, 0.25) is 0 Å². The van der Waals surface area contributed by atoms with Crippen molar-refractivity contribution in [2.45, 2.75) is 39.5 Å². The molecule has 0 aromatic heterocycles. The second-order valence-corrected chi connectivity index (χ2v) is 11.1. The number of phenolic OH excluding ortho intramolecular Hbond substituents is 1. The Balaban J connectivity index is 1.37. The number of ether oxygens (including phenoxy) is 2. The van der Waals surface area contributed by atoms with Crippen molar-refractivity contribution in [3.63, 3.8) is 0 Å². The number of nitrogens with one attached hydrogen (secondary N) is 2. The molecule has 0 unspecified atom stereocenters. The second-order valence-electron chi connectivity index (χ2n) is 11.1. The lowest BCUT2D eigenvalue weighted by molar-refractivity contribution is -0.121. The molecular weight excluding hydrogens is 582 g/mol. The zero-order valence-electron chi connectivity index (χ0n) is 27.8. The summed E-state index contributed by atoms with van der Waals surface area (Å²) in [5.74, 6) is 1.81. The fraction of sp³-hybridized carbons (Fsp3) is 0.444. The van der Waals surface area contributed by atoms with Gasteiger partial charge in [-0.05, 0) is 99.5 Å². The maximum absolute atomic E-state index is 12.7. The molecule has 0 aliphatic heterocycles. The summed E-state index contributed by atoms with van der Waals surface area (Å²) in [5, 5.41) is 15.8. The number of phenols is 1. The fourth-order valence-corrected chi connectivity index (χ4v) is 4.96. The van der Waals surface area contributed by atoms with Crippen molar-refractivity contribution >= 4 is 28.9 Å². The predicted octanol–water partition coefficient (Wildman–Crippen LogP) is 5.06. The van der Waals surface area contributed by atoms with Gasteiger partial charge in [0.25, 0.3) is 0 Å². The summed E-state index contributed by atoms with van der Waals surface area (Å²) < 4.78 is 11.0. The predicted molar refractivity (Wildman–Crippen MR) is 187 cm³/mol. The molecule has 0 spiro atoms. The van der Waals surface area contributed by atoms with Gasteiger partial charge in [0.15, 0.2) is 0 Å². The fourth-order valence-electron chi connectivity index (χ4n) is 4.96. The highest BCUT2D eigenvalue weighted by Crippen LogP contribution is 2.21. The van der Waals surface area contributed by atoms with Crippen LogP contribution in [0.3, 0.4) is 0 Å². The molecule has 10 nitrogen and oxygen atoms in total. The van der Waals surface area contributed by atoms with Crippen molar-refractivity contribution in [2.24, 2.45) is 0 Å². The van der Waals surface area contributed by atoms with Gasteiger partial charge in [-0.3, -0.25) is 9.59 Å². The van der Waals surface area contributed by atoms with Crippen molar-refractivity contribution in [2.75, 3.05) is 81.3 Å². The van der Waals surface area contributed by atoms with Crippen LogP contribution in [0, 0.1) is 0 Å². The first-order valence-corrected chi connectivity index (χ1v) is 16.2. The van der Waals surface area contributed by atoms with Crippen LogP contribution < -0.4 is 34.8 Å². The Morgan fingerprint density at radius 2 is 1.00 bits per heavy atom. The van der Waals surface area contributed by atoms with Crippen molar-refractivity contribution in [3.8, 4) is 17.2 Å². The Morgan fingerprint density at radius 3 is 1.39 bits per heavy atom. The molecule has 0 atom stereocenters. The molecule has 3 rings (SSSR count). The number of anilines is 3. The molecule has 10 heteroatoms. The van der Waals surface area contributed by atoms with Gasteiger partial charge in [-0.1, -0.05) is 0 Å². The maximum Gasteiger partial charge on any atom is 0.221 e. The lowest BCUT2D eigenvalue weighted by atomic mass is 10.2. The molecule has 0 saturated heterocycles. The molecule has 3 N–H and O–H groups in total. The standard InChI is InChI=1S/C36H51N5O5/c1-5-45-33-17-11-29(12-18-33)39(3)25-7-23-37-35(43)21-27-41(31-9-15-32(42)16-10-31)28-22-36(44)38-24-8-26-40(4)30-13-19-34(20-14-30)46-6-2/h9-20,42H,5-8,21-28H2,1-4H3,(H,37,43)(H,38,44). The largest absolute Gasteiger partial charge is 0.508 e. The van der Waals surface area contributed by atoms with E-state index in [1.165, 1.54) is 0 Å². The van der Waals surface area contributed by atoms with E-state index in [1.54, 1.807) is 24.3 Å². The number of nitrogens with zero attached hydrogens (tertiary/aromatic N) is 3. The van der Waals surface area contributed by atoms with Crippen molar-refractivity contribution in [1.29, 1.82) is 0 Å². The number of carbonyl (C=O) groups is 2. The summed E-state index contributed by atoms with van der Waals surface area (Å²) in [6, 6.07) is 22.8. The van der Waals surface area contributed by atoms with Gasteiger partial charge in [0.1, 0.15) is 17.2 Å². The van der Waals surface area contributed by atoms with Gasteiger partial charge >= 0.3 is 0 Å². The Hall–Kier alpha value is -4.60. The average Bonchev–Trinajstić information content (AvgIpc) is 3.06. The minimum absolute atomic E-state index is 0.0337. The summed E-state index contributed by atoms with van der Waals surface area (Å²) in [7, 11) is 4.07. The molecular formula is C36H51N5O5. The second kappa shape index (κ2) is 19.7.